The molecule has 0 aliphatic carbocycles. The van der Waals surface area contributed by atoms with Gasteiger partial charge in [0.1, 0.15) is 0 Å². The number of nitrogens with zero attached hydrogens (tertiary/aromatic N) is 1. The highest BCUT2D eigenvalue weighted by Gasteiger charge is 2.16. The number of halogens is 1. The summed E-state index contributed by atoms with van der Waals surface area (Å²) in [6.07, 6.45) is 2.09. The van der Waals surface area contributed by atoms with E-state index in [1.165, 1.54) is 22.2 Å². The summed E-state index contributed by atoms with van der Waals surface area (Å²) in [6.45, 7) is 5.12. The first-order valence-electron chi connectivity index (χ1n) is 8.17. The van der Waals surface area contributed by atoms with Gasteiger partial charge in [0.05, 0.1) is 0 Å². The summed E-state index contributed by atoms with van der Waals surface area (Å²) >= 11 is 3.64. The van der Waals surface area contributed by atoms with Crippen molar-refractivity contribution < 1.29 is 4.79 Å². The summed E-state index contributed by atoms with van der Waals surface area (Å²) in [7, 11) is 0. The second kappa shape index (κ2) is 6.81. The van der Waals surface area contributed by atoms with Crippen molar-refractivity contribution in [3.63, 3.8) is 0 Å². The van der Waals surface area contributed by atoms with E-state index in [9.17, 15) is 4.79 Å². The SMILES string of the molecule is CCCc1c(C)c2ccc(C(N)=O)cc2n1Cc1ccccc1Br. The number of nitrogens with two attached hydrogens (primary N) is 1. The van der Waals surface area contributed by atoms with Gasteiger partial charge in [-0.15, -0.1) is 0 Å². The van der Waals surface area contributed by atoms with Crippen molar-refractivity contribution in [3.05, 3.63) is 69.3 Å². The van der Waals surface area contributed by atoms with Gasteiger partial charge in [0, 0.05) is 33.2 Å². The Balaban J connectivity index is 2.22. The van der Waals surface area contributed by atoms with Crippen molar-refractivity contribution >= 4 is 32.7 Å². The number of amides is 1. The second-order valence-corrected chi connectivity index (χ2v) is 6.95. The molecule has 24 heavy (non-hydrogen) atoms. The Hall–Kier alpha value is -2.07. The Morgan fingerprint density at radius 1 is 1.21 bits per heavy atom. The topological polar surface area (TPSA) is 48.0 Å². The molecule has 3 aromatic rings. The summed E-state index contributed by atoms with van der Waals surface area (Å²) in [4.78, 5) is 11.6. The fourth-order valence-corrected chi connectivity index (χ4v) is 3.68. The first kappa shape index (κ1) is 16.8. The van der Waals surface area contributed by atoms with Crippen molar-refractivity contribution in [2.75, 3.05) is 0 Å². The quantitative estimate of drug-likeness (QED) is 0.673. The van der Waals surface area contributed by atoms with Crippen LogP contribution >= 0.6 is 15.9 Å². The zero-order valence-electron chi connectivity index (χ0n) is 14.0. The van der Waals surface area contributed by atoms with E-state index in [-0.39, 0.29) is 5.91 Å². The molecular formula is C20H21BrN2O. The van der Waals surface area contributed by atoms with E-state index >= 15 is 0 Å². The molecule has 0 aliphatic heterocycles. The maximum Gasteiger partial charge on any atom is 0.248 e. The van der Waals surface area contributed by atoms with E-state index < -0.39 is 0 Å². The monoisotopic (exact) mass is 384 g/mol. The predicted molar refractivity (Wildman–Crippen MR) is 102 cm³/mol. The molecule has 3 nitrogen and oxygen atoms in total. The number of hydrogen-bond donors (Lipinski definition) is 1. The molecule has 3 rings (SSSR count). The molecule has 0 aliphatic rings. The minimum absolute atomic E-state index is 0.389. The zero-order chi connectivity index (χ0) is 17.3. The van der Waals surface area contributed by atoms with Crippen molar-refractivity contribution in [1.82, 2.24) is 4.57 Å². The number of aryl methyl sites for hydroxylation is 1. The summed E-state index contributed by atoms with van der Waals surface area (Å²) in [5.74, 6) is -0.389. The molecule has 1 heterocycles. The lowest BCUT2D eigenvalue weighted by Crippen LogP contribution is -2.11. The van der Waals surface area contributed by atoms with Gasteiger partial charge in [-0.3, -0.25) is 4.79 Å². The fraction of sp³-hybridized carbons (Fsp3) is 0.250. The molecule has 0 atom stereocenters. The highest BCUT2D eigenvalue weighted by atomic mass is 79.9. The van der Waals surface area contributed by atoms with Crippen LogP contribution in [-0.2, 0) is 13.0 Å². The van der Waals surface area contributed by atoms with Crippen LogP contribution in [0.3, 0.4) is 0 Å². The predicted octanol–water partition coefficient (Wildman–Crippen LogP) is 4.81. The van der Waals surface area contributed by atoms with Crippen molar-refractivity contribution in [2.24, 2.45) is 5.73 Å². The first-order chi connectivity index (χ1) is 11.5. The van der Waals surface area contributed by atoms with Gasteiger partial charge in [0.2, 0.25) is 5.91 Å². The summed E-state index contributed by atoms with van der Waals surface area (Å²) in [5.41, 5.74) is 10.9. The van der Waals surface area contributed by atoms with Gasteiger partial charge in [-0.25, -0.2) is 0 Å². The van der Waals surface area contributed by atoms with E-state index in [4.69, 9.17) is 5.73 Å². The molecule has 0 fully saturated rings. The van der Waals surface area contributed by atoms with Crippen LogP contribution in [0.1, 0.15) is 40.5 Å². The van der Waals surface area contributed by atoms with Crippen LogP contribution in [0, 0.1) is 6.92 Å². The molecule has 1 aromatic heterocycles. The van der Waals surface area contributed by atoms with E-state index in [1.807, 2.05) is 30.3 Å². The Morgan fingerprint density at radius 2 is 1.96 bits per heavy atom. The molecule has 2 aromatic carbocycles. The lowest BCUT2D eigenvalue weighted by Gasteiger charge is -2.13. The number of benzene rings is 2. The Kier molecular flexibility index (Phi) is 4.76. The second-order valence-electron chi connectivity index (χ2n) is 6.10. The molecule has 0 saturated heterocycles. The van der Waals surface area contributed by atoms with Gasteiger partial charge in [0.25, 0.3) is 0 Å². The van der Waals surface area contributed by atoms with Gasteiger partial charge in [-0.2, -0.15) is 0 Å². The van der Waals surface area contributed by atoms with Gasteiger partial charge in [-0.1, -0.05) is 53.5 Å². The van der Waals surface area contributed by atoms with Gasteiger partial charge >= 0.3 is 0 Å². The van der Waals surface area contributed by atoms with Gasteiger partial charge < -0.3 is 10.3 Å². The minimum atomic E-state index is -0.389. The van der Waals surface area contributed by atoms with Crippen LogP contribution in [-0.4, -0.2) is 10.5 Å². The molecule has 124 valence electrons. The Bertz CT molecular complexity index is 911. The normalized spacial score (nSPS) is 11.1. The summed E-state index contributed by atoms with van der Waals surface area (Å²) in [6, 6.07) is 14.0. The number of hydrogen-bond acceptors (Lipinski definition) is 1. The standard InChI is InChI=1S/C20H21BrN2O/c1-3-6-18-13(2)16-10-9-14(20(22)24)11-19(16)23(18)12-15-7-4-5-8-17(15)21/h4-5,7-11H,3,6,12H2,1-2H3,(H2,22,24). The van der Waals surface area contributed by atoms with Crippen molar-refractivity contribution in [1.29, 1.82) is 0 Å². The molecule has 0 saturated carbocycles. The van der Waals surface area contributed by atoms with Crippen molar-refractivity contribution in [2.45, 2.75) is 33.2 Å². The van der Waals surface area contributed by atoms with Crippen LogP contribution in [0.4, 0.5) is 0 Å². The fourth-order valence-electron chi connectivity index (χ4n) is 3.27. The van der Waals surface area contributed by atoms with Gasteiger partial charge in [-0.05, 0) is 42.7 Å². The largest absolute Gasteiger partial charge is 0.366 e. The third-order valence-corrected chi connectivity index (χ3v) is 5.28. The molecule has 0 radical (unpaired) electrons. The molecule has 0 bridgehead atoms. The third kappa shape index (κ3) is 2.98. The van der Waals surface area contributed by atoms with Crippen LogP contribution < -0.4 is 5.73 Å². The average Bonchev–Trinajstić information content (AvgIpc) is 2.82. The zero-order valence-corrected chi connectivity index (χ0v) is 15.6. The number of carbonyl (C=O) groups excluding carboxylic acids is 1. The van der Waals surface area contributed by atoms with Crippen LogP contribution in [0.25, 0.3) is 10.9 Å². The molecule has 1 amide bonds. The Labute approximate surface area is 150 Å². The highest BCUT2D eigenvalue weighted by molar-refractivity contribution is 9.10. The van der Waals surface area contributed by atoms with E-state index in [0.717, 1.165) is 29.4 Å². The summed E-state index contributed by atoms with van der Waals surface area (Å²) < 4.78 is 3.42. The van der Waals surface area contributed by atoms with E-state index in [0.29, 0.717) is 5.56 Å². The van der Waals surface area contributed by atoms with Crippen molar-refractivity contribution in [3.8, 4) is 0 Å². The smallest absolute Gasteiger partial charge is 0.248 e. The highest BCUT2D eigenvalue weighted by Crippen LogP contribution is 2.29. The molecule has 2 N–H and O–H groups in total. The van der Waals surface area contributed by atoms with Crippen LogP contribution in [0.2, 0.25) is 0 Å². The van der Waals surface area contributed by atoms with E-state index in [1.54, 1.807) is 0 Å². The average molecular weight is 385 g/mol. The maximum absolute atomic E-state index is 11.6. The van der Waals surface area contributed by atoms with Crippen LogP contribution in [0.5, 0.6) is 0 Å². The minimum Gasteiger partial charge on any atom is -0.366 e. The number of carbonyl (C=O) groups is 1. The lowest BCUT2D eigenvalue weighted by molar-refractivity contribution is 0.100. The Morgan fingerprint density at radius 3 is 2.62 bits per heavy atom. The summed E-state index contributed by atoms with van der Waals surface area (Å²) in [5, 5.41) is 1.19. The first-order valence-corrected chi connectivity index (χ1v) is 8.97. The maximum atomic E-state index is 11.6. The van der Waals surface area contributed by atoms with Crippen LogP contribution in [0.15, 0.2) is 46.9 Å². The molecular weight excluding hydrogens is 364 g/mol. The third-order valence-electron chi connectivity index (χ3n) is 4.51. The number of aromatic nitrogens is 1. The lowest BCUT2D eigenvalue weighted by atomic mass is 10.1. The molecule has 0 spiro atoms. The molecule has 4 heteroatoms. The number of fused-ring (bicyclic) bond motifs is 1. The molecule has 0 unspecified atom stereocenters. The number of primary amides is 1. The van der Waals surface area contributed by atoms with Gasteiger partial charge in [0.15, 0.2) is 0 Å². The van der Waals surface area contributed by atoms with E-state index in [2.05, 4.69) is 46.5 Å². The number of rotatable bonds is 5.